The van der Waals surface area contributed by atoms with E-state index in [1.54, 1.807) is 0 Å². The van der Waals surface area contributed by atoms with E-state index in [-0.39, 0.29) is 10.8 Å². The molecule has 2 rings (SSSR count). The van der Waals surface area contributed by atoms with Gasteiger partial charge in [-0.2, -0.15) is 23.0 Å². The average molecular weight is 347 g/mol. The number of aromatic nitrogens is 3. The van der Waals surface area contributed by atoms with Gasteiger partial charge in [-0.3, -0.25) is 4.79 Å². The fraction of sp³-hybridized carbons (Fsp3) is 0.357. The summed E-state index contributed by atoms with van der Waals surface area (Å²) < 4.78 is 38.4. The fourth-order valence-electron chi connectivity index (χ4n) is 1.80. The van der Waals surface area contributed by atoms with Crippen molar-refractivity contribution in [2.24, 2.45) is 0 Å². The molecular formula is C14H14ClF3N4O. The number of unbranched alkanes of at least 4 members (excludes halogenated alkanes) is 1. The van der Waals surface area contributed by atoms with Crippen LogP contribution in [0.3, 0.4) is 0 Å². The largest absolute Gasteiger partial charge is 0.417 e. The predicted molar refractivity (Wildman–Crippen MR) is 81.0 cm³/mol. The number of nitrogens with zero attached hydrogens (tertiary/aromatic N) is 3. The second kappa shape index (κ2) is 6.99. The van der Waals surface area contributed by atoms with Gasteiger partial charge in [-0.25, -0.2) is 4.98 Å². The highest BCUT2D eigenvalue weighted by Crippen LogP contribution is 2.28. The van der Waals surface area contributed by atoms with Crippen LogP contribution in [0.25, 0.3) is 5.82 Å². The molecule has 1 N–H and O–H groups in total. The van der Waals surface area contributed by atoms with Crippen LogP contribution in [0.2, 0.25) is 5.02 Å². The Bertz CT molecular complexity index is 728. The first-order chi connectivity index (χ1) is 10.8. The summed E-state index contributed by atoms with van der Waals surface area (Å²) in [5, 5.41) is 6.79. The quantitative estimate of drug-likeness (QED) is 0.842. The normalized spacial score (nSPS) is 11.5. The zero-order valence-electron chi connectivity index (χ0n) is 12.2. The lowest BCUT2D eigenvalue weighted by Crippen LogP contribution is -2.24. The Kier molecular flexibility index (Phi) is 5.25. The van der Waals surface area contributed by atoms with E-state index in [9.17, 15) is 18.0 Å². The van der Waals surface area contributed by atoms with Crippen molar-refractivity contribution in [3.8, 4) is 5.82 Å². The molecule has 0 aliphatic heterocycles. The van der Waals surface area contributed by atoms with E-state index in [1.807, 2.05) is 6.92 Å². The van der Waals surface area contributed by atoms with E-state index in [0.29, 0.717) is 18.4 Å². The first-order valence-corrected chi connectivity index (χ1v) is 7.27. The van der Waals surface area contributed by atoms with Gasteiger partial charge in [-0.05, 0) is 18.6 Å². The number of rotatable bonds is 5. The lowest BCUT2D eigenvalue weighted by atomic mass is 10.3. The highest BCUT2D eigenvalue weighted by atomic mass is 35.5. The van der Waals surface area contributed by atoms with Gasteiger partial charge in [0.05, 0.1) is 17.4 Å². The Morgan fingerprint density at radius 1 is 1.30 bits per heavy atom. The van der Waals surface area contributed by atoms with Crippen molar-refractivity contribution in [2.45, 2.75) is 25.9 Å². The zero-order chi connectivity index (χ0) is 17.0. The molecule has 9 heteroatoms. The third kappa shape index (κ3) is 4.01. The van der Waals surface area contributed by atoms with E-state index >= 15 is 0 Å². The Morgan fingerprint density at radius 3 is 2.61 bits per heavy atom. The number of alkyl halides is 3. The van der Waals surface area contributed by atoms with Crippen molar-refractivity contribution in [3.63, 3.8) is 0 Å². The lowest BCUT2D eigenvalue weighted by molar-refractivity contribution is -0.137. The molecule has 2 aromatic heterocycles. The molecule has 2 heterocycles. The molecule has 5 nitrogen and oxygen atoms in total. The van der Waals surface area contributed by atoms with Gasteiger partial charge in [0.25, 0.3) is 5.56 Å². The summed E-state index contributed by atoms with van der Waals surface area (Å²) in [5.41, 5.74) is -1.17. The van der Waals surface area contributed by atoms with Crippen LogP contribution < -0.4 is 10.9 Å². The standard InChI is InChI=1S/C14H14ClF3N4O/c1-2-3-6-19-10-8-21-22(13(23)12(10)15)11-5-4-9(7-20-11)14(16,17)18/h4-5,7-8,19H,2-3,6H2,1H3. The van der Waals surface area contributed by atoms with Crippen LogP contribution in [0.4, 0.5) is 18.9 Å². The molecule has 0 amide bonds. The zero-order valence-corrected chi connectivity index (χ0v) is 12.9. The number of hydrogen-bond acceptors (Lipinski definition) is 4. The summed E-state index contributed by atoms with van der Waals surface area (Å²) in [6.07, 6.45) is -0.622. The molecule has 0 saturated heterocycles. The van der Waals surface area contributed by atoms with Gasteiger partial charge in [-0.15, -0.1) is 0 Å². The van der Waals surface area contributed by atoms with Crippen LogP contribution in [0, 0.1) is 0 Å². The van der Waals surface area contributed by atoms with E-state index in [1.165, 1.54) is 6.20 Å². The lowest BCUT2D eigenvalue weighted by Gasteiger charge is -2.10. The highest BCUT2D eigenvalue weighted by molar-refractivity contribution is 6.32. The molecule has 2 aromatic rings. The Morgan fingerprint density at radius 2 is 2.04 bits per heavy atom. The van der Waals surface area contributed by atoms with E-state index in [0.717, 1.165) is 29.7 Å². The molecule has 0 unspecified atom stereocenters. The van der Waals surface area contributed by atoms with Gasteiger partial charge < -0.3 is 5.32 Å². The van der Waals surface area contributed by atoms with Gasteiger partial charge in [0.1, 0.15) is 5.02 Å². The second-order valence-electron chi connectivity index (χ2n) is 4.77. The number of anilines is 1. The molecule has 0 fully saturated rings. The Labute approximate surface area is 135 Å². The predicted octanol–water partition coefficient (Wildman–Crippen LogP) is 3.51. The number of nitrogens with one attached hydrogen (secondary N) is 1. The van der Waals surface area contributed by atoms with Crippen LogP contribution in [-0.4, -0.2) is 21.3 Å². The molecule has 23 heavy (non-hydrogen) atoms. The number of hydrogen-bond donors (Lipinski definition) is 1. The fourth-order valence-corrected chi connectivity index (χ4v) is 1.99. The van der Waals surface area contributed by atoms with Crippen molar-refractivity contribution in [1.29, 1.82) is 0 Å². The minimum atomic E-state index is -4.49. The molecule has 0 aliphatic carbocycles. The maximum atomic E-state index is 12.5. The van der Waals surface area contributed by atoms with E-state index in [2.05, 4.69) is 15.4 Å². The number of pyridine rings is 1. The first-order valence-electron chi connectivity index (χ1n) is 6.90. The maximum Gasteiger partial charge on any atom is 0.417 e. The van der Waals surface area contributed by atoms with Crippen LogP contribution in [0.15, 0.2) is 29.3 Å². The van der Waals surface area contributed by atoms with Gasteiger partial charge in [-0.1, -0.05) is 24.9 Å². The highest BCUT2D eigenvalue weighted by Gasteiger charge is 2.30. The van der Waals surface area contributed by atoms with Crippen molar-refractivity contribution >= 4 is 17.3 Å². The molecule has 0 aliphatic rings. The average Bonchev–Trinajstić information content (AvgIpc) is 2.51. The van der Waals surface area contributed by atoms with Gasteiger partial charge in [0.2, 0.25) is 0 Å². The molecule has 0 saturated carbocycles. The van der Waals surface area contributed by atoms with Crippen LogP contribution >= 0.6 is 11.6 Å². The van der Waals surface area contributed by atoms with Crippen LogP contribution in [-0.2, 0) is 6.18 Å². The molecular weight excluding hydrogens is 333 g/mol. The van der Waals surface area contributed by atoms with Crippen molar-refractivity contribution in [2.75, 3.05) is 11.9 Å². The van der Waals surface area contributed by atoms with Gasteiger partial charge in [0.15, 0.2) is 5.82 Å². The van der Waals surface area contributed by atoms with Gasteiger partial charge >= 0.3 is 6.18 Å². The molecule has 0 spiro atoms. The number of halogens is 4. The summed E-state index contributed by atoms with van der Waals surface area (Å²) in [4.78, 5) is 15.8. The van der Waals surface area contributed by atoms with Crippen molar-refractivity contribution < 1.29 is 13.2 Å². The third-order valence-corrected chi connectivity index (χ3v) is 3.42. The third-order valence-electron chi connectivity index (χ3n) is 3.06. The minimum absolute atomic E-state index is 0.0370. The second-order valence-corrected chi connectivity index (χ2v) is 5.15. The summed E-state index contributed by atoms with van der Waals surface area (Å²) >= 11 is 5.99. The topological polar surface area (TPSA) is 59.8 Å². The molecule has 0 radical (unpaired) electrons. The smallest absolute Gasteiger partial charge is 0.382 e. The van der Waals surface area contributed by atoms with Crippen LogP contribution in [0.1, 0.15) is 25.3 Å². The van der Waals surface area contributed by atoms with E-state index in [4.69, 9.17) is 11.6 Å². The monoisotopic (exact) mass is 346 g/mol. The van der Waals surface area contributed by atoms with Gasteiger partial charge in [0, 0.05) is 12.7 Å². The summed E-state index contributed by atoms with van der Waals surface area (Å²) in [6, 6.07) is 1.90. The Balaban J connectivity index is 2.30. The summed E-state index contributed by atoms with van der Waals surface area (Å²) in [6.45, 7) is 2.66. The minimum Gasteiger partial charge on any atom is -0.382 e. The molecule has 124 valence electrons. The molecule has 0 atom stereocenters. The van der Waals surface area contributed by atoms with E-state index < -0.39 is 17.3 Å². The Hall–Kier alpha value is -2.09. The maximum absolute atomic E-state index is 12.5. The molecule has 0 bridgehead atoms. The summed E-state index contributed by atoms with van der Waals surface area (Å²) in [5.74, 6) is -0.0370. The SMILES string of the molecule is CCCCNc1cnn(-c2ccc(C(F)(F)F)cn2)c(=O)c1Cl. The molecule has 0 aromatic carbocycles. The van der Waals surface area contributed by atoms with Crippen LogP contribution in [0.5, 0.6) is 0 Å². The summed E-state index contributed by atoms with van der Waals surface area (Å²) in [7, 11) is 0. The van der Waals surface area contributed by atoms with Crippen molar-refractivity contribution in [1.82, 2.24) is 14.8 Å². The first kappa shape index (κ1) is 17.3. The van der Waals surface area contributed by atoms with Crippen molar-refractivity contribution in [3.05, 3.63) is 45.5 Å².